The first kappa shape index (κ1) is 18.7. The van der Waals surface area contributed by atoms with E-state index in [0.717, 1.165) is 11.1 Å². The number of esters is 1. The van der Waals surface area contributed by atoms with Crippen molar-refractivity contribution < 1.29 is 14.3 Å². The van der Waals surface area contributed by atoms with E-state index in [4.69, 9.17) is 4.74 Å². The minimum Gasteiger partial charge on any atom is -0.468 e. The quantitative estimate of drug-likeness (QED) is 0.637. The summed E-state index contributed by atoms with van der Waals surface area (Å²) in [6.45, 7) is 0. The maximum Gasteiger partial charge on any atom is 0.319 e. The van der Waals surface area contributed by atoms with Gasteiger partial charge in [-0.15, -0.1) is 11.8 Å². The number of hydrogen-bond acceptors (Lipinski definition) is 5. The van der Waals surface area contributed by atoms with Crippen LogP contribution in [0.15, 0.2) is 71.3 Å². The molecule has 1 aliphatic rings. The highest BCUT2D eigenvalue weighted by atomic mass is 32.2. The molecule has 1 heterocycles. The van der Waals surface area contributed by atoms with E-state index in [9.17, 15) is 14.9 Å². The molecule has 0 bridgehead atoms. The lowest BCUT2D eigenvalue weighted by atomic mass is 9.78. The monoisotopic (exact) mass is 378 g/mol. The van der Waals surface area contributed by atoms with E-state index < -0.39 is 23.7 Å². The Balaban J connectivity index is 2.01. The lowest BCUT2D eigenvalue weighted by Gasteiger charge is -2.31. The van der Waals surface area contributed by atoms with Gasteiger partial charge in [0.2, 0.25) is 5.91 Å². The number of nitrogens with one attached hydrogen (secondary N) is 1. The molecule has 1 aliphatic heterocycles. The third kappa shape index (κ3) is 4.04. The van der Waals surface area contributed by atoms with Gasteiger partial charge in [-0.3, -0.25) is 9.59 Å². The normalized spacial score (nSPS) is 19.2. The van der Waals surface area contributed by atoms with Crippen molar-refractivity contribution in [1.82, 2.24) is 5.32 Å². The van der Waals surface area contributed by atoms with Gasteiger partial charge in [-0.05, 0) is 11.1 Å². The largest absolute Gasteiger partial charge is 0.468 e. The van der Waals surface area contributed by atoms with Gasteiger partial charge in [0.05, 0.1) is 23.8 Å². The van der Waals surface area contributed by atoms with Gasteiger partial charge in [0.25, 0.3) is 0 Å². The average Bonchev–Trinajstić information content (AvgIpc) is 2.72. The minimum absolute atomic E-state index is 0.372. The number of hydrogen-bond donors (Lipinski definition) is 1. The lowest BCUT2D eigenvalue weighted by molar-refractivity contribution is -0.150. The second-order valence-corrected chi connectivity index (χ2v) is 6.99. The predicted octanol–water partition coefficient (Wildman–Crippen LogP) is 3.36. The molecule has 0 fully saturated rings. The highest BCUT2D eigenvalue weighted by molar-refractivity contribution is 8.02. The second kappa shape index (κ2) is 8.56. The van der Waals surface area contributed by atoms with Crippen molar-refractivity contribution in [1.29, 1.82) is 5.26 Å². The van der Waals surface area contributed by atoms with E-state index in [2.05, 4.69) is 11.4 Å². The van der Waals surface area contributed by atoms with Crippen molar-refractivity contribution >= 4 is 23.6 Å². The van der Waals surface area contributed by atoms with Crippen LogP contribution in [0.25, 0.3) is 0 Å². The van der Waals surface area contributed by atoms with Crippen molar-refractivity contribution in [2.45, 2.75) is 11.7 Å². The van der Waals surface area contributed by atoms with Crippen LogP contribution >= 0.6 is 11.8 Å². The first-order valence-corrected chi connectivity index (χ1v) is 9.39. The Morgan fingerprint density at radius 1 is 1.15 bits per heavy atom. The van der Waals surface area contributed by atoms with Gasteiger partial charge in [0, 0.05) is 11.7 Å². The molecule has 1 amide bonds. The van der Waals surface area contributed by atoms with Gasteiger partial charge in [-0.1, -0.05) is 60.7 Å². The molecular formula is C21H18N2O3S. The van der Waals surface area contributed by atoms with E-state index in [1.807, 2.05) is 60.7 Å². The van der Waals surface area contributed by atoms with Crippen LogP contribution in [0.4, 0.5) is 0 Å². The highest BCUT2D eigenvalue weighted by Gasteiger charge is 2.44. The zero-order chi connectivity index (χ0) is 19.2. The van der Waals surface area contributed by atoms with Crippen LogP contribution in [-0.2, 0) is 20.1 Å². The van der Waals surface area contributed by atoms with E-state index >= 15 is 0 Å². The summed E-state index contributed by atoms with van der Waals surface area (Å²) >= 11 is 1.38. The molecule has 0 saturated carbocycles. The summed E-state index contributed by atoms with van der Waals surface area (Å²) < 4.78 is 4.83. The molecule has 0 aromatic heterocycles. The van der Waals surface area contributed by atoms with Gasteiger partial charge in [-0.2, -0.15) is 5.26 Å². The summed E-state index contributed by atoms with van der Waals surface area (Å²) in [6.07, 6.45) is 0. The number of thioether (sulfide) groups is 1. The summed E-state index contributed by atoms with van der Waals surface area (Å²) in [7, 11) is 1.24. The number of methoxy groups -OCH3 is 1. The van der Waals surface area contributed by atoms with Crippen LogP contribution < -0.4 is 5.32 Å². The van der Waals surface area contributed by atoms with Crippen molar-refractivity contribution in [3.05, 3.63) is 82.4 Å². The number of ether oxygens (including phenoxy) is 1. The van der Waals surface area contributed by atoms with Crippen molar-refractivity contribution in [3.63, 3.8) is 0 Å². The molecule has 136 valence electrons. The fraction of sp³-hybridized carbons (Fsp3) is 0.190. The summed E-state index contributed by atoms with van der Waals surface area (Å²) in [6, 6.07) is 21.1. The topological polar surface area (TPSA) is 79.2 Å². The summed E-state index contributed by atoms with van der Waals surface area (Å²) in [5.74, 6) is -2.26. The molecule has 27 heavy (non-hydrogen) atoms. The maximum absolute atomic E-state index is 12.7. The Morgan fingerprint density at radius 2 is 1.78 bits per heavy atom. The van der Waals surface area contributed by atoms with E-state index in [-0.39, 0.29) is 0 Å². The first-order chi connectivity index (χ1) is 13.2. The molecule has 0 spiro atoms. The van der Waals surface area contributed by atoms with E-state index in [1.54, 1.807) is 0 Å². The number of benzene rings is 2. The molecular weight excluding hydrogens is 360 g/mol. The van der Waals surface area contributed by atoms with Crippen LogP contribution in [0, 0.1) is 17.2 Å². The fourth-order valence-electron chi connectivity index (χ4n) is 3.07. The van der Waals surface area contributed by atoms with Crippen LogP contribution in [0.5, 0.6) is 0 Å². The molecule has 0 aliphatic carbocycles. The van der Waals surface area contributed by atoms with Crippen molar-refractivity contribution in [3.8, 4) is 6.07 Å². The van der Waals surface area contributed by atoms with E-state index in [1.165, 1.54) is 18.9 Å². The minimum atomic E-state index is -1.09. The number of nitriles is 1. The Hall–Kier alpha value is -3.04. The standard InChI is InChI=1S/C21H18N2O3S/c1-26-21(25)18-17(15-10-6-3-7-11-15)16(12-22)20(23-19(18)24)27-13-14-8-4-2-5-9-14/h2-11,17-18H,13H2,1H3,(H,23,24)/t17-,18-/m0/s1. The maximum atomic E-state index is 12.7. The van der Waals surface area contributed by atoms with Crippen LogP contribution in [0.1, 0.15) is 17.0 Å². The first-order valence-electron chi connectivity index (χ1n) is 8.40. The van der Waals surface area contributed by atoms with Gasteiger partial charge in [-0.25, -0.2) is 0 Å². The van der Waals surface area contributed by atoms with Crippen LogP contribution in [-0.4, -0.2) is 19.0 Å². The summed E-state index contributed by atoms with van der Waals surface area (Å²) in [4.78, 5) is 25.0. The van der Waals surface area contributed by atoms with Crippen LogP contribution in [0.3, 0.4) is 0 Å². The van der Waals surface area contributed by atoms with E-state index in [0.29, 0.717) is 16.4 Å². The second-order valence-electron chi connectivity index (χ2n) is 6.01. The van der Waals surface area contributed by atoms with Crippen LogP contribution in [0.2, 0.25) is 0 Å². The molecule has 6 heteroatoms. The smallest absolute Gasteiger partial charge is 0.319 e. The molecule has 3 rings (SSSR count). The Kier molecular flexibility index (Phi) is 5.94. The highest BCUT2D eigenvalue weighted by Crippen LogP contribution is 2.40. The van der Waals surface area contributed by atoms with Gasteiger partial charge < -0.3 is 10.1 Å². The molecule has 0 radical (unpaired) electrons. The SMILES string of the molecule is COC(=O)[C@@H]1C(=O)NC(SCc2ccccc2)=C(C#N)[C@@H]1c1ccccc1. The number of allylic oxidation sites excluding steroid dienone is 1. The number of nitrogens with zero attached hydrogens (tertiary/aromatic N) is 1. The van der Waals surface area contributed by atoms with Gasteiger partial charge >= 0.3 is 5.97 Å². The molecule has 5 nitrogen and oxygen atoms in total. The average molecular weight is 378 g/mol. The Bertz CT molecular complexity index is 904. The molecule has 0 saturated heterocycles. The fourth-order valence-corrected chi connectivity index (χ4v) is 4.07. The molecule has 1 N–H and O–H groups in total. The Labute approximate surface area is 162 Å². The summed E-state index contributed by atoms with van der Waals surface area (Å²) in [5, 5.41) is 13.0. The van der Waals surface area contributed by atoms with Gasteiger partial charge in [0.1, 0.15) is 5.92 Å². The number of amides is 1. The molecule has 2 aromatic carbocycles. The lowest BCUT2D eigenvalue weighted by Crippen LogP contribution is -2.44. The zero-order valence-electron chi connectivity index (χ0n) is 14.7. The molecule has 2 atom stereocenters. The summed E-state index contributed by atoms with van der Waals surface area (Å²) in [5.41, 5.74) is 2.18. The molecule has 0 unspecified atom stereocenters. The number of carbonyl (C=O) groups excluding carboxylic acids is 2. The third-order valence-corrected chi connectivity index (χ3v) is 5.46. The third-order valence-electron chi connectivity index (χ3n) is 4.37. The zero-order valence-corrected chi connectivity index (χ0v) is 15.5. The van der Waals surface area contributed by atoms with Crippen molar-refractivity contribution in [2.24, 2.45) is 5.92 Å². The van der Waals surface area contributed by atoms with Gasteiger partial charge in [0.15, 0.2) is 0 Å². The molecule has 2 aromatic rings. The number of carbonyl (C=O) groups is 2. The van der Waals surface area contributed by atoms with Crippen molar-refractivity contribution in [2.75, 3.05) is 7.11 Å². The predicted molar refractivity (Wildman–Crippen MR) is 103 cm³/mol. The number of rotatable bonds is 5. The Morgan fingerprint density at radius 3 is 2.37 bits per heavy atom.